The third kappa shape index (κ3) is 4.65. The molecule has 1 atom stereocenters. The molecule has 5 rings (SSSR count). The van der Waals surface area contributed by atoms with Gasteiger partial charge in [0, 0.05) is 17.5 Å². The fourth-order valence-corrected chi connectivity index (χ4v) is 5.50. The molecule has 0 fully saturated rings. The second-order valence-corrected chi connectivity index (χ2v) is 10.3. The van der Waals surface area contributed by atoms with Crippen LogP contribution in [0.25, 0.3) is 0 Å². The molecule has 1 amide bonds. The predicted molar refractivity (Wildman–Crippen MR) is 141 cm³/mol. The molecule has 180 valence electrons. The lowest BCUT2D eigenvalue weighted by Gasteiger charge is -2.23. The highest BCUT2D eigenvalue weighted by atomic mass is 32.2. The van der Waals surface area contributed by atoms with Crippen molar-refractivity contribution in [3.8, 4) is 0 Å². The van der Waals surface area contributed by atoms with E-state index in [0.717, 1.165) is 11.1 Å². The largest absolute Gasteiger partial charge is 0.279 e. The van der Waals surface area contributed by atoms with E-state index in [1.807, 2.05) is 61.5 Å². The van der Waals surface area contributed by atoms with Crippen molar-refractivity contribution in [1.29, 1.82) is 0 Å². The third-order valence-corrected chi connectivity index (χ3v) is 7.60. The number of carbonyl (C=O) groups excluding carboxylic acids is 1. The lowest BCUT2D eigenvalue weighted by molar-refractivity contribution is 0.0711. The number of nitrogens with one attached hydrogen (secondary N) is 1. The first-order valence-corrected chi connectivity index (χ1v) is 13.1. The summed E-state index contributed by atoms with van der Waals surface area (Å²) in [4.78, 5) is 13.7. The number of para-hydroxylation sites is 1. The van der Waals surface area contributed by atoms with Crippen LogP contribution in [0.1, 0.15) is 39.5 Å². The van der Waals surface area contributed by atoms with Crippen LogP contribution >= 0.6 is 0 Å². The van der Waals surface area contributed by atoms with Crippen molar-refractivity contribution in [3.05, 3.63) is 131 Å². The first-order valence-electron chi connectivity index (χ1n) is 11.6. The average molecular weight is 496 g/mol. The van der Waals surface area contributed by atoms with E-state index in [1.54, 1.807) is 54.6 Å². The van der Waals surface area contributed by atoms with E-state index in [-0.39, 0.29) is 16.8 Å². The minimum absolute atomic E-state index is 0.173. The van der Waals surface area contributed by atoms with Gasteiger partial charge in [-0.1, -0.05) is 78.9 Å². The second kappa shape index (κ2) is 9.79. The minimum atomic E-state index is -3.80. The number of carbonyl (C=O) groups is 1. The monoisotopic (exact) mass is 495 g/mol. The molecular weight excluding hydrogens is 470 g/mol. The zero-order valence-electron chi connectivity index (χ0n) is 19.7. The molecule has 0 radical (unpaired) electrons. The molecule has 0 bridgehead atoms. The smallest absolute Gasteiger partial charge is 0.274 e. The maximum atomic E-state index is 13.5. The average Bonchev–Trinajstić information content (AvgIpc) is 3.34. The normalized spacial score (nSPS) is 15.4. The molecule has 0 unspecified atom stereocenters. The number of benzene rings is 4. The van der Waals surface area contributed by atoms with Gasteiger partial charge in [0.2, 0.25) is 0 Å². The molecule has 6 nitrogen and oxygen atoms in total. The molecule has 1 aliphatic heterocycles. The van der Waals surface area contributed by atoms with Gasteiger partial charge in [-0.2, -0.15) is 5.10 Å². The van der Waals surface area contributed by atoms with Gasteiger partial charge in [0.15, 0.2) is 0 Å². The summed E-state index contributed by atoms with van der Waals surface area (Å²) in [6, 6.07) is 32.1. The van der Waals surface area contributed by atoms with Crippen molar-refractivity contribution in [2.24, 2.45) is 5.10 Å². The third-order valence-electron chi connectivity index (χ3n) is 6.22. The van der Waals surface area contributed by atoms with Gasteiger partial charge in [-0.15, -0.1) is 0 Å². The number of hydrazone groups is 1. The zero-order valence-corrected chi connectivity index (χ0v) is 20.5. The summed E-state index contributed by atoms with van der Waals surface area (Å²) in [5, 5.41) is 6.29. The first kappa shape index (κ1) is 23.5. The molecule has 0 aliphatic carbocycles. The molecule has 1 heterocycles. The summed E-state index contributed by atoms with van der Waals surface area (Å²) in [7, 11) is -3.80. The topological polar surface area (TPSA) is 78.8 Å². The number of amides is 1. The molecule has 0 aromatic heterocycles. The Balaban J connectivity index is 1.55. The second-order valence-electron chi connectivity index (χ2n) is 8.60. The van der Waals surface area contributed by atoms with Crippen LogP contribution in [0.2, 0.25) is 0 Å². The van der Waals surface area contributed by atoms with Crippen molar-refractivity contribution in [1.82, 2.24) is 5.01 Å². The van der Waals surface area contributed by atoms with Crippen LogP contribution in [0.5, 0.6) is 0 Å². The van der Waals surface area contributed by atoms with Crippen LogP contribution in [0.3, 0.4) is 0 Å². The highest BCUT2D eigenvalue weighted by molar-refractivity contribution is 7.92. The predicted octanol–water partition coefficient (Wildman–Crippen LogP) is 5.79. The Morgan fingerprint density at radius 2 is 1.44 bits per heavy atom. The van der Waals surface area contributed by atoms with Gasteiger partial charge in [0.1, 0.15) is 0 Å². The lowest BCUT2D eigenvalue weighted by atomic mass is 9.94. The van der Waals surface area contributed by atoms with Crippen LogP contribution in [-0.2, 0) is 10.0 Å². The van der Waals surface area contributed by atoms with Crippen LogP contribution in [0, 0.1) is 6.92 Å². The van der Waals surface area contributed by atoms with Crippen LogP contribution < -0.4 is 4.72 Å². The highest BCUT2D eigenvalue weighted by Gasteiger charge is 2.35. The molecule has 0 spiro atoms. The minimum Gasteiger partial charge on any atom is -0.279 e. The van der Waals surface area contributed by atoms with E-state index in [1.165, 1.54) is 5.01 Å². The van der Waals surface area contributed by atoms with E-state index in [4.69, 9.17) is 5.10 Å². The Bertz CT molecular complexity index is 1530. The van der Waals surface area contributed by atoms with Crippen molar-refractivity contribution >= 4 is 27.3 Å². The Kier molecular flexibility index (Phi) is 6.40. The van der Waals surface area contributed by atoms with E-state index >= 15 is 0 Å². The van der Waals surface area contributed by atoms with Gasteiger partial charge >= 0.3 is 0 Å². The maximum absolute atomic E-state index is 13.5. The first-order chi connectivity index (χ1) is 17.4. The van der Waals surface area contributed by atoms with E-state index in [0.29, 0.717) is 28.9 Å². The summed E-state index contributed by atoms with van der Waals surface area (Å²) >= 11 is 0. The SMILES string of the molecule is Cc1ccccc1[C@H]1CC(c2ccccc2NS(=O)(=O)c2ccccc2)=NN1C(=O)c1ccccc1. The number of rotatable bonds is 6. The quantitative estimate of drug-likeness (QED) is 0.368. The van der Waals surface area contributed by atoms with E-state index in [9.17, 15) is 13.2 Å². The fourth-order valence-electron chi connectivity index (χ4n) is 4.40. The van der Waals surface area contributed by atoms with Crippen LogP contribution in [0.15, 0.2) is 119 Å². The fraction of sp³-hybridized carbons (Fsp3) is 0.103. The van der Waals surface area contributed by atoms with Crippen molar-refractivity contribution in [3.63, 3.8) is 0 Å². The van der Waals surface area contributed by atoms with E-state index in [2.05, 4.69) is 4.72 Å². The Morgan fingerprint density at radius 3 is 2.17 bits per heavy atom. The standard InChI is InChI=1S/C29H25N3O3S/c1-21-12-8-9-17-24(21)28-20-27(30-32(28)29(33)22-13-4-2-5-14-22)25-18-10-11-19-26(25)31-36(34,35)23-15-6-3-7-16-23/h2-19,28,31H,20H2,1H3/t28-/m1/s1. The highest BCUT2D eigenvalue weighted by Crippen LogP contribution is 2.37. The molecule has 1 N–H and O–H groups in total. The van der Waals surface area contributed by atoms with Crippen LogP contribution in [-0.4, -0.2) is 25.0 Å². The van der Waals surface area contributed by atoms with Gasteiger partial charge in [-0.05, 0) is 48.4 Å². The Labute approximate surface area is 211 Å². The zero-order chi connectivity index (χ0) is 25.1. The van der Waals surface area contributed by atoms with Gasteiger partial charge in [0.25, 0.3) is 15.9 Å². The summed E-state index contributed by atoms with van der Waals surface area (Å²) in [5.74, 6) is -0.207. The number of sulfonamides is 1. The number of aryl methyl sites for hydroxylation is 1. The maximum Gasteiger partial charge on any atom is 0.274 e. The molecule has 0 saturated carbocycles. The number of anilines is 1. The van der Waals surface area contributed by atoms with Crippen molar-refractivity contribution < 1.29 is 13.2 Å². The van der Waals surface area contributed by atoms with Gasteiger partial charge in [-0.25, -0.2) is 13.4 Å². The van der Waals surface area contributed by atoms with Crippen LogP contribution in [0.4, 0.5) is 5.69 Å². The summed E-state index contributed by atoms with van der Waals surface area (Å²) in [6.45, 7) is 2.01. The molecule has 4 aromatic carbocycles. The van der Waals surface area contributed by atoms with Crippen molar-refractivity contribution in [2.75, 3.05) is 4.72 Å². The van der Waals surface area contributed by atoms with E-state index < -0.39 is 10.0 Å². The Hall–Kier alpha value is -4.23. The Morgan fingerprint density at radius 1 is 0.833 bits per heavy atom. The molecule has 1 aliphatic rings. The number of nitrogens with zero attached hydrogens (tertiary/aromatic N) is 2. The lowest BCUT2D eigenvalue weighted by Crippen LogP contribution is -2.27. The summed E-state index contributed by atoms with van der Waals surface area (Å²) in [6.07, 6.45) is 0.452. The number of hydrogen-bond acceptors (Lipinski definition) is 4. The van der Waals surface area contributed by atoms with Gasteiger partial charge in [-0.3, -0.25) is 9.52 Å². The molecular formula is C29H25N3O3S. The summed E-state index contributed by atoms with van der Waals surface area (Å²) in [5.41, 5.74) is 4.29. The molecule has 4 aromatic rings. The molecule has 36 heavy (non-hydrogen) atoms. The van der Waals surface area contributed by atoms with Gasteiger partial charge in [0.05, 0.1) is 22.3 Å². The molecule has 0 saturated heterocycles. The number of hydrogen-bond donors (Lipinski definition) is 1. The van der Waals surface area contributed by atoms with Gasteiger partial charge < -0.3 is 0 Å². The molecule has 7 heteroatoms. The summed E-state index contributed by atoms with van der Waals surface area (Å²) < 4.78 is 28.8. The van der Waals surface area contributed by atoms with Crippen molar-refractivity contribution in [2.45, 2.75) is 24.3 Å².